The molecule has 3 aromatic rings. The van der Waals surface area contributed by atoms with Gasteiger partial charge in [-0.05, 0) is 43.2 Å². The number of ether oxygens (including phenoxy) is 1. The molecule has 0 unspecified atom stereocenters. The molecular formula is C20H18ClFO3. The first-order chi connectivity index (χ1) is 12.0. The molecule has 130 valence electrons. The third-order valence-corrected chi connectivity index (χ3v) is 4.50. The summed E-state index contributed by atoms with van der Waals surface area (Å²) in [5, 5.41) is 1.21. The summed E-state index contributed by atoms with van der Waals surface area (Å²) in [5.74, 6) is 0.117. The van der Waals surface area contributed by atoms with E-state index in [9.17, 15) is 9.18 Å². The molecule has 3 rings (SSSR count). The largest absolute Gasteiger partial charge is 0.488 e. The van der Waals surface area contributed by atoms with Gasteiger partial charge in [-0.3, -0.25) is 0 Å². The molecule has 0 atom stereocenters. The van der Waals surface area contributed by atoms with E-state index in [-0.39, 0.29) is 12.2 Å². The van der Waals surface area contributed by atoms with Crippen LogP contribution in [0.25, 0.3) is 11.0 Å². The van der Waals surface area contributed by atoms with E-state index in [2.05, 4.69) is 6.92 Å². The third kappa shape index (κ3) is 3.54. The van der Waals surface area contributed by atoms with Crippen LogP contribution in [-0.2, 0) is 13.0 Å². The van der Waals surface area contributed by atoms with Crippen molar-refractivity contribution >= 4 is 22.6 Å². The first-order valence-electron chi connectivity index (χ1n) is 8.13. The minimum atomic E-state index is -0.414. The van der Waals surface area contributed by atoms with Crippen molar-refractivity contribution < 1.29 is 13.5 Å². The molecule has 0 aliphatic rings. The highest BCUT2D eigenvalue weighted by Gasteiger charge is 2.13. The van der Waals surface area contributed by atoms with E-state index in [1.54, 1.807) is 12.1 Å². The van der Waals surface area contributed by atoms with Crippen molar-refractivity contribution in [1.29, 1.82) is 0 Å². The predicted molar refractivity (Wildman–Crippen MR) is 97.0 cm³/mol. The molecule has 0 aliphatic carbocycles. The third-order valence-electron chi connectivity index (χ3n) is 4.15. The second-order valence-corrected chi connectivity index (χ2v) is 6.30. The molecule has 0 amide bonds. The van der Waals surface area contributed by atoms with E-state index in [1.165, 1.54) is 12.1 Å². The molecule has 3 nitrogen and oxygen atoms in total. The van der Waals surface area contributed by atoms with Gasteiger partial charge >= 0.3 is 5.63 Å². The van der Waals surface area contributed by atoms with Crippen LogP contribution in [0.4, 0.5) is 4.39 Å². The van der Waals surface area contributed by atoms with Crippen molar-refractivity contribution in [2.45, 2.75) is 33.3 Å². The van der Waals surface area contributed by atoms with Crippen LogP contribution in [0.15, 0.2) is 45.6 Å². The van der Waals surface area contributed by atoms with Gasteiger partial charge in [-0.15, -0.1) is 0 Å². The summed E-state index contributed by atoms with van der Waals surface area (Å²) in [5.41, 5.74) is 2.09. The standard InChI is InChI=1S/C20H18ClFO3/c1-3-5-13-10-19(23)25-20-12(2)18(9-8-14(13)20)24-11-15-16(21)6-4-7-17(15)22/h4,6-10H,3,5,11H2,1-2H3. The monoisotopic (exact) mass is 360 g/mol. The SMILES string of the molecule is CCCc1cc(=O)oc2c(C)c(OCc3c(F)cccc3Cl)ccc12. The Balaban J connectivity index is 1.98. The van der Waals surface area contributed by atoms with E-state index in [1.807, 2.05) is 19.1 Å². The van der Waals surface area contributed by atoms with Crippen molar-refractivity contribution in [3.8, 4) is 5.75 Å². The molecule has 0 radical (unpaired) electrons. The number of halogens is 2. The molecule has 25 heavy (non-hydrogen) atoms. The first-order valence-corrected chi connectivity index (χ1v) is 8.51. The molecule has 0 saturated carbocycles. The molecule has 2 aromatic carbocycles. The van der Waals surface area contributed by atoms with E-state index in [0.29, 0.717) is 27.5 Å². The fraction of sp³-hybridized carbons (Fsp3) is 0.250. The fourth-order valence-corrected chi connectivity index (χ4v) is 3.08. The molecular weight excluding hydrogens is 343 g/mol. The zero-order chi connectivity index (χ0) is 18.0. The van der Waals surface area contributed by atoms with Crippen molar-refractivity contribution in [2.75, 3.05) is 0 Å². The Bertz CT molecular complexity index is 958. The van der Waals surface area contributed by atoms with Crippen LogP contribution in [0.1, 0.15) is 30.0 Å². The van der Waals surface area contributed by atoms with Gasteiger partial charge in [0.1, 0.15) is 23.8 Å². The van der Waals surface area contributed by atoms with E-state index >= 15 is 0 Å². The van der Waals surface area contributed by atoms with Gasteiger partial charge in [0.25, 0.3) is 0 Å². The lowest BCUT2D eigenvalue weighted by molar-refractivity contribution is 0.298. The van der Waals surface area contributed by atoms with Gasteiger partial charge in [0.15, 0.2) is 0 Å². The minimum absolute atomic E-state index is 0.00324. The van der Waals surface area contributed by atoms with Gasteiger partial charge in [0, 0.05) is 22.6 Å². The zero-order valence-electron chi connectivity index (χ0n) is 14.1. The summed E-state index contributed by atoms with van der Waals surface area (Å²) >= 11 is 6.03. The lowest BCUT2D eigenvalue weighted by atomic mass is 10.0. The topological polar surface area (TPSA) is 39.4 Å². The first kappa shape index (κ1) is 17.5. The highest BCUT2D eigenvalue weighted by atomic mass is 35.5. The molecule has 0 saturated heterocycles. The molecule has 0 N–H and O–H groups in total. The lowest BCUT2D eigenvalue weighted by Gasteiger charge is -2.13. The maximum Gasteiger partial charge on any atom is 0.336 e. The highest BCUT2D eigenvalue weighted by Crippen LogP contribution is 2.30. The second-order valence-electron chi connectivity index (χ2n) is 5.89. The summed E-state index contributed by atoms with van der Waals surface area (Å²) in [7, 11) is 0. The van der Waals surface area contributed by atoms with Crippen molar-refractivity contribution in [3.05, 3.63) is 74.3 Å². The Hall–Kier alpha value is -2.33. The van der Waals surface area contributed by atoms with E-state index in [0.717, 1.165) is 23.8 Å². The van der Waals surface area contributed by atoms with E-state index < -0.39 is 5.82 Å². The van der Waals surface area contributed by atoms with Gasteiger partial charge in [-0.1, -0.05) is 31.0 Å². The predicted octanol–water partition coefficient (Wildman–Crippen LogP) is 5.43. The molecule has 0 spiro atoms. The maximum absolute atomic E-state index is 13.9. The van der Waals surface area contributed by atoms with Crippen LogP contribution in [0.2, 0.25) is 5.02 Å². The van der Waals surface area contributed by atoms with Crippen LogP contribution in [0.3, 0.4) is 0 Å². The normalized spacial score (nSPS) is 11.0. The van der Waals surface area contributed by atoms with Crippen LogP contribution >= 0.6 is 11.6 Å². The van der Waals surface area contributed by atoms with Crippen molar-refractivity contribution in [3.63, 3.8) is 0 Å². The number of hydrogen-bond acceptors (Lipinski definition) is 3. The summed E-state index contributed by atoms with van der Waals surface area (Å²) < 4.78 is 25.0. The number of rotatable bonds is 5. The van der Waals surface area contributed by atoms with Crippen molar-refractivity contribution in [1.82, 2.24) is 0 Å². The number of fused-ring (bicyclic) bond motifs is 1. The Kier molecular flexibility index (Phi) is 5.09. The zero-order valence-corrected chi connectivity index (χ0v) is 14.8. The van der Waals surface area contributed by atoms with Gasteiger partial charge in [-0.2, -0.15) is 0 Å². The van der Waals surface area contributed by atoms with Crippen LogP contribution in [0.5, 0.6) is 5.75 Å². The molecule has 0 aliphatic heterocycles. The fourth-order valence-electron chi connectivity index (χ4n) is 2.86. The quantitative estimate of drug-likeness (QED) is 0.570. The Morgan fingerprint density at radius 3 is 2.76 bits per heavy atom. The highest BCUT2D eigenvalue weighted by molar-refractivity contribution is 6.31. The van der Waals surface area contributed by atoms with Crippen LogP contribution in [-0.4, -0.2) is 0 Å². The van der Waals surface area contributed by atoms with E-state index in [4.69, 9.17) is 20.8 Å². The van der Waals surface area contributed by atoms with Crippen molar-refractivity contribution in [2.24, 2.45) is 0 Å². The van der Waals surface area contributed by atoms with Gasteiger partial charge in [-0.25, -0.2) is 9.18 Å². The summed E-state index contributed by atoms with van der Waals surface area (Å²) in [6.45, 7) is 3.87. The lowest BCUT2D eigenvalue weighted by Crippen LogP contribution is -2.04. The number of aryl methyl sites for hydroxylation is 2. The molecule has 1 heterocycles. The number of benzene rings is 2. The Morgan fingerprint density at radius 1 is 1.24 bits per heavy atom. The Morgan fingerprint density at radius 2 is 2.04 bits per heavy atom. The van der Waals surface area contributed by atoms with Crippen LogP contribution in [0, 0.1) is 12.7 Å². The average Bonchev–Trinajstić information content (AvgIpc) is 2.57. The average molecular weight is 361 g/mol. The maximum atomic E-state index is 13.9. The molecule has 0 bridgehead atoms. The Labute approximate surface area is 150 Å². The smallest absolute Gasteiger partial charge is 0.336 e. The van der Waals surface area contributed by atoms with Crippen LogP contribution < -0.4 is 10.4 Å². The summed E-state index contributed by atoms with van der Waals surface area (Å²) in [6.07, 6.45) is 1.73. The number of hydrogen-bond donors (Lipinski definition) is 0. The second kappa shape index (κ2) is 7.28. The minimum Gasteiger partial charge on any atom is -0.488 e. The van der Waals surface area contributed by atoms with Gasteiger partial charge in [0.2, 0.25) is 0 Å². The van der Waals surface area contributed by atoms with Gasteiger partial charge in [0.05, 0.1) is 5.02 Å². The molecule has 5 heteroatoms. The molecule has 1 aromatic heterocycles. The summed E-state index contributed by atoms with van der Waals surface area (Å²) in [6, 6.07) is 9.72. The molecule has 0 fully saturated rings. The van der Waals surface area contributed by atoms with Gasteiger partial charge < -0.3 is 9.15 Å². The summed E-state index contributed by atoms with van der Waals surface area (Å²) in [4.78, 5) is 11.8.